The molecule has 0 radical (unpaired) electrons. The molecule has 1 heterocycles. The quantitative estimate of drug-likeness (QED) is 0.693. The van der Waals surface area contributed by atoms with E-state index in [1.54, 1.807) is 18.4 Å². The van der Waals surface area contributed by atoms with Gasteiger partial charge in [0, 0.05) is 5.38 Å². The molecule has 60 valence electrons. The fourth-order valence-corrected chi connectivity index (χ4v) is 1.21. The van der Waals surface area contributed by atoms with Crippen LogP contribution < -0.4 is 0 Å². The Balaban J connectivity index is 2.70. The van der Waals surface area contributed by atoms with E-state index >= 15 is 0 Å². The minimum atomic E-state index is -0.892. The van der Waals surface area contributed by atoms with Gasteiger partial charge in [0.25, 0.3) is 0 Å². The minimum Gasteiger partial charge on any atom is -0.385 e. The van der Waals surface area contributed by atoms with Crippen LogP contribution in [0.2, 0.25) is 0 Å². The summed E-state index contributed by atoms with van der Waals surface area (Å²) in [5.41, 5.74) is 0.365. The second-order valence-corrected chi connectivity index (χ2v) is 2.84. The van der Waals surface area contributed by atoms with Crippen molar-refractivity contribution >= 4 is 17.3 Å². The number of rotatable bonds is 3. The van der Waals surface area contributed by atoms with Gasteiger partial charge in [0.05, 0.1) is 0 Å². The molecule has 0 bridgehead atoms. The van der Waals surface area contributed by atoms with Crippen LogP contribution >= 0.6 is 11.5 Å². The summed E-state index contributed by atoms with van der Waals surface area (Å²) in [7, 11) is 0. The van der Waals surface area contributed by atoms with Gasteiger partial charge in [0.2, 0.25) is 5.78 Å². The maximum Gasteiger partial charge on any atom is 0.210 e. The van der Waals surface area contributed by atoms with Crippen LogP contribution in [0.4, 0.5) is 0 Å². The lowest BCUT2D eigenvalue weighted by atomic mass is 10.1. The van der Waals surface area contributed by atoms with Crippen LogP contribution in [-0.2, 0) is 0 Å². The maximum atomic E-state index is 11.1. The van der Waals surface area contributed by atoms with Gasteiger partial charge < -0.3 is 5.11 Å². The van der Waals surface area contributed by atoms with E-state index in [0.717, 1.165) is 0 Å². The molecule has 0 saturated carbocycles. The summed E-state index contributed by atoms with van der Waals surface area (Å²) < 4.78 is 3.82. The standard InChI is InChI=1S/C7H9NO2S/c1-2-6(9)7(10)5-3-4-11-8-5/h3-4,6,9H,2H2,1H3. The van der Waals surface area contributed by atoms with Gasteiger partial charge >= 0.3 is 0 Å². The number of carbonyl (C=O) groups excluding carboxylic acids is 1. The zero-order chi connectivity index (χ0) is 8.27. The summed E-state index contributed by atoms with van der Waals surface area (Å²) in [6, 6.07) is 1.62. The van der Waals surface area contributed by atoms with E-state index in [1.165, 1.54) is 11.5 Å². The SMILES string of the molecule is CCC(O)C(=O)c1ccsn1. The lowest BCUT2D eigenvalue weighted by Crippen LogP contribution is -2.19. The lowest BCUT2D eigenvalue weighted by Gasteiger charge is -2.01. The zero-order valence-electron chi connectivity index (χ0n) is 6.15. The van der Waals surface area contributed by atoms with E-state index in [2.05, 4.69) is 4.37 Å². The Morgan fingerprint density at radius 2 is 2.64 bits per heavy atom. The molecule has 0 aromatic carbocycles. The number of carbonyl (C=O) groups is 1. The molecule has 0 spiro atoms. The summed E-state index contributed by atoms with van der Waals surface area (Å²) >= 11 is 1.21. The molecule has 3 nitrogen and oxygen atoms in total. The van der Waals surface area contributed by atoms with Gasteiger partial charge in [-0.3, -0.25) is 4.79 Å². The van der Waals surface area contributed by atoms with Crippen molar-refractivity contribution < 1.29 is 9.90 Å². The maximum absolute atomic E-state index is 11.1. The molecule has 1 atom stereocenters. The van der Waals surface area contributed by atoms with Gasteiger partial charge in [0.1, 0.15) is 11.8 Å². The Hall–Kier alpha value is -0.740. The molecule has 0 aliphatic carbocycles. The summed E-state index contributed by atoms with van der Waals surface area (Å²) in [5, 5.41) is 10.8. The average molecular weight is 171 g/mol. The van der Waals surface area contributed by atoms with E-state index in [1.807, 2.05) is 0 Å². The number of aliphatic hydroxyl groups excluding tert-OH is 1. The van der Waals surface area contributed by atoms with Crippen molar-refractivity contribution in [2.75, 3.05) is 0 Å². The summed E-state index contributed by atoms with van der Waals surface area (Å²) in [6.07, 6.45) is -0.451. The van der Waals surface area contributed by atoms with Gasteiger partial charge in [-0.15, -0.1) is 0 Å². The Morgan fingerprint density at radius 1 is 1.91 bits per heavy atom. The van der Waals surface area contributed by atoms with E-state index in [-0.39, 0.29) is 5.78 Å². The first-order valence-corrected chi connectivity index (χ1v) is 4.22. The van der Waals surface area contributed by atoms with Crippen LogP contribution in [0.5, 0.6) is 0 Å². The van der Waals surface area contributed by atoms with Crippen molar-refractivity contribution in [2.45, 2.75) is 19.4 Å². The molecule has 1 rings (SSSR count). The van der Waals surface area contributed by atoms with Crippen molar-refractivity contribution in [2.24, 2.45) is 0 Å². The van der Waals surface area contributed by atoms with Crippen molar-refractivity contribution in [3.63, 3.8) is 0 Å². The highest BCUT2D eigenvalue weighted by Crippen LogP contribution is 2.05. The van der Waals surface area contributed by atoms with Crippen LogP contribution in [0.3, 0.4) is 0 Å². The van der Waals surface area contributed by atoms with Gasteiger partial charge in [0.15, 0.2) is 0 Å². The highest BCUT2D eigenvalue weighted by atomic mass is 32.1. The molecule has 4 heteroatoms. The highest BCUT2D eigenvalue weighted by Gasteiger charge is 2.16. The van der Waals surface area contributed by atoms with Gasteiger partial charge in [-0.1, -0.05) is 6.92 Å². The third kappa shape index (κ3) is 1.85. The number of aliphatic hydroxyl groups is 1. The van der Waals surface area contributed by atoms with Crippen molar-refractivity contribution in [3.8, 4) is 0 Å². The predicted molar refractivity (Wildman–Crippen MR) is 42.7 cm³/mol. The minimum absolute atomic E-state index is 0.284. The molecule has 1 N–H and O–H groups in total. The van der Waals surface area contributed by atoms with E-state index in [0.29, 0.717) is 12.1 Å². The topological polar surface area (TPSA) is 50.2 Å². The third-order valence-corrected chi connectivity index (χ3v) is 1.94. The summed E-state index contributed by atoms with van der Waals surface area (Å²) in [4.78, 5) is 11.1. The van der Waals surface area contributed by atoms with Crippen molar-refractivity contribution in [3.05, 3.63) is 17.1 Å². The number of Topliss-reactive ketones (excluding diaryl/α,β-unsaturated/α-hetero) is 1. The van der Waals surface area contributed by atoms with Crippen LogP contribution in [-0.4, -0.2) is 21.4 Å². The number of nitrogens with zero attached hydrogens (tertiary/aromatic N) is 1. The molecule has 0 aliphatic rings. The molecule has 0 amide bonds. The largest absolute Gasteiger partial charge is 0.385 e. The first kappa shape index (κ1) is 8.36. The second-order valence-electron chi connectivity index (χ2n) is 2.17. The summed E-state index contributed by atoms with van der Waals surface area (Å²) in [6.45, 7) is 1.76. The monoisotopic (exact) mass is 171 g/mol. The van der Waals surface area contributed by atoms with E-state index < -0.39 is 6.10 Å². The smallest absolute Gasteiger partial charge is 0.210 e. The van der Waals surface area contributed by atoms with Gasteiger partial charge in [-0.05, 0) is 24.0 Å². The first-order chi connectivity index (χ1) is 5.25. The van der Waals surface area contributed by atoms with Crippen LogP contribution in [0.25, 0.3) is 0 Å². The van der Waals surface area contributed by atoms with Crippen LogP contribution in [0.1, 0.15) is 23.8 Å². The van der Waals surface area contributed by atoms with Gasteiger partial charge in [-0.25, -0.2) is 0 Å². The third-order valence-electron chi connectivity index (χ3n) is 1.38. The molecule has 0 fully saturated rings. The van der Waals surface area contributed by atoms with Gasteiger partial charge in [-0.2, -0.15) is 4.37 Å². The molecule has 0 saturated heterocycles. The normalized spacial score (nSPS) is 12.9. The van der Waals surface area contributed by atoms with Crippen molar-refractivity contribution in [1.82, 2.24) is 4.37 Å². The Bertz CT molecular complexity index is 233. The lowest BCUT2D eigenvalue weighted by molar-refractivity contribution is 0.0736. The van der Waals surface area contributed by atoms with Crippen molar-refractivity contribution in [1.29, 1.82) is 0 Å². The molecule has 1 aromatic rings. The number of hydrogen-bond donors (Lipinski definition) is 1. The molecule has 1 unspecified atom stereocenters. The number of ketones is 1. The predicted octanol–water partition coefficient (Wildman–Crippen LogP) is 1.10. The number of aromatic nitrogens is 1. The molecule has 11 heavy (non-hydrogen) atoms. The Labute approximate surface area is 68.8 Å². The second kappa shape index (κ2) is 3.59. The average Bonchev–Trinajstić information content (AvgIpc) is 2.53. The fraction of sp³-hybridized carbons (Fsp3) is 0.429. The Morgan fingerprint density at radius 3 is 3.09 bits per heavy atom. The Kier molecular flexibility index (Phi) is 2.73. The van der Waals surface area contributed by atoms with Crippen LogP contribution in [0, 0.1) is 0 Å². The molecular formula is C7H9NO2S. The fourth-order valence-electron chi connectivity index (χ4n) is 0.696. The molecule has 1 aromatic heterocycles. The zero-order valence-corrected chi connectivity index (χ0v) is 6.97. The first-order valence-electron chi connectivity index (χ1n) is 3.38. The van der Waals surface area contributed by atoms with Crippen LogP contribution in [0.15, 0.2) is 11.4 Å². The van der Waals surface area contributed by atoms with E-state index in [4.69, 9.17) is 5.11 Å². The number of hydrogen-bond acceptors (Lipinski definition) is 4. The molecule has 0 aliphatic heterocycles. The summed E-state index contributed by atoms with van der Waals surface area (Å²) in [5.74, 6) is -0.284. The molecular weight excluding hydrogens is 162 g/mol. The van der Waals surface area contributed by atoms with E-state index in [9.17, 15) is 4.79 Å². The highest BCUT2D eigenvalue weighted by molar-refractivity contribution is 7.03.